The Kier molecular flexibility index (Phi) is 4.01. The van der Waals surface area contributed by atoms with Crippen molar-refractivity contribution in [2.75, 3.05) is 5.32 Å². The Bertz CT molecular complexity index is 752. The predicted octanol–water partition coefficient (Wildman–Crippen LogP) is 4.20. The summed E-state index contributed by atoms with van der Waals surface area (Å²) in [6, 6.07) is 14.9. The SMILES string of the molecule is O=C(Nc1ccc(-c2cnco2)cc1)c1ccccc1I. The van der Waals surface area contributed by atoms with Gasteiger partial charge in [0, 0.05) is 14.8 Å². The zero-order valence-electron chi connectivity index (χ0n) is 10.9. The minimum absolute atomic E-state index is 0.118. The molecule has 3 rings (SSSR count). The fourth-order valence-corrected chi connectivity index (χ4v) is 2.55. The van der Waals surface area contributed by atoms with Crippen LogP contribution in [0, 0.1) is 3.57 Å². The van der Waals surface area contributed by atoms with E-state index in [2.05, 4.69) is 32.9 Å². The van der Waals surface area contributed by atoms with Gasteiger partial charge in [-0.25, -0.2) is 4.98 Å². The van der Waals surface area contributed by atoms with E-state index < -0.39 is 0 Å². The van der Waals surface area contributed by atoms with E-state index in [0.29, 0.717) is 11.3 Å². The number of hydrogen-bond acceptors (Lipinski definition) is 3. The number of aromatic nitrogens is 1. The van der Waals surface area contributed by atoms with Gasteiger partial charge in [-0.15, -0.1) is 0 Å². The van der Waals surface area contributed by atoms with Gasteiger partial charge in [0.2, 0.25) is 0 Å². The third-order valence-electron chi connectivity index (χ3n) is 2.98. The van der Waals surface area contributed by atoms with Crippen LogP contribution < -0.4 is 5.32 Å². The first-order chi connectivity index (χ1) is 10.2. The summed E-state index contributed by atoms with van der Waals surface area (Å²) < 4.78 is 6.15. The molecule has 1 aromatic heterocycles. The van der Waals surface area contributed by atoms with E-state index in [1.165, 1.54) is 6.39 Å². The first kappa shape index (κ1) is 13.8. The van der Waals surface area contributed by atoms with Crippen molar-refractivity contribution in [1.29, 1.82) is 0 Å². The van der Waals surface area contributed by atoms with Crippen LogP contribution >= 0.6 is 22.6 Å². The summed E-state index contributed by atoms with van der Waals surface area (Å²) in [6.07, 6.45) is 3.04. The standard InChI is InChI=1S/C16H11IN2O2/c17-14-4-2-1-3-13(14)16(20)19-12-7-5-11(6-8-12)15-9-18-10-21-15/h1-10H,(H,19,20). The highest BCUT2D eigenvalue weighted by Gasteiger charge is 2.09. The van der Waals surface area contributed by atoms with E-state index in [9.17, 15) is 4.79 Å². The summed E-state index contributed by atoms with van der Waals surface area (Å²) in [7, 11) is 0. The van der Waals surface area contributed by atoms with Crippen molar-refractivity contribution >= 4 is 34.2 Å². The molecule has 1 N–H and O–H groups in total. The van der Waals surface area contributed by atoms with Crippen LogP contribution in [0.4, 0.5) is 5.69 Å². The van der Waals surface area contributed by atoms with Crippen LogP contribution in [0.1, 0.15) is 10.4 Å². The van der Waals surface area contributed by atoms with Gasteiger partial charge in [-0.05, 0) is 59.0 Å². The largest absolute Gasteiger partial charge is 0.444 e. The molecule has 4 nitrogen and oxygen atoms in total. The molecule has 5 heteroatoms. The Morgan fingerprint density at radius 1 is 1.10 bits per heavy atom. The van der Waals surface area contributed by atoms with E-state index in [4.69, 9.17) is 4.42 Å². The number of rotatable bonds is 3. The van der Waals surface area contributed by atoms with Gasteiger partial charge in [0.1, 0.15) is 0 Å². The minimum Gasteiger partial charge on any atom is -0.444 e. The number of benzene rings is 2. The van der Waals surface area contributed by atoms with E-state index >= 15 is 0 Å². The van der Waals surface area contributed by atoms with Gasteiger partial charge in [0.25, 0.3) is 5.91 Å². The molecule has 0 fully saturated rings. The molecule has 0 aliphatic heterocycles. The molecule has 0 bridgehead atoms. The molecule has 0 aliphatic rings. The van der Waals surface area contributed by atoms with Crippen molar-refractivity contribution in [1.82, 2.24) is 4.98 Å². The summed E-state index contributed by atoms with van der Waals surface area (Å²) in [5.41, 5.74) is 2.32. The van der Waals surface area contributed by atoms with E-state index in [1.807, 2.05) is 42.5 Å². The maximum absolute atomic E-state index is 12.2. The summed E-state index contributed by atoms with van der Waals surface area (Å²) in [5, 5.41) is 2.88. The van der Waals surface area contributed by atoms with Gasteiger partial charge in [0.15, 0.2) is 12.2 Å². The van der Waals surface area contributed by atoms with Crippen molar-refractivity contribution in [3.8, 4) is 11.3 Å². The lowest BCUT2D eigenvalue weighted by Crippen LogP contribution is -2.13. The molecule has 2 aromatic carbocycles. The molecule has 0 saturated carbocycles. The number of anilines is 1. The third kappa shape index (κ3) is 3.13. The molecule has 0 atom stereocenters. The lowest BCUT2D eigenvalue weighted by molar-refractivity contribution is 0.102. The van der Waals surface area contributed by atoms with Crippen LogP contribution in [-0.4, -0.2) is 10.9 Å². The van der Waals surface area contributed by atoms with Crippen LogP contribution in [0.15, 0.2) is 65.5 Å². The van der Waals surface area contributed by atoms with Gasteiger partial charge in [-0.3, -0.25) is 4.79 Å². The normalized spacial score (nSPS) is 10.3. The maximum Gasteiger partial charge on any atom is 0.256 e. The van der Waals surface area contributed by atoms with Crippen molar-refractivity contribution in [2.45, 2.75) is 0 Å². The topological polar surface area (TPSA) is 55.1 Å². The second kappa shape index (κ2) is 6.09. The highest BCUT2D eigenvalue weighted by atomic mass is 127. The van der Waals surface area contributed by atoms with Gasteiger partial charge in [0.05, 0.1) is 11.8 Å². The maximum atomic E-state index is 12.2. The van der Waals surface area contributed by atoms with Crippen LogP contribution in [0.3, 0.4) is 0 Å². The van der Waals surface area contributed by atoms with Gasteiger partial charge >= 0.3 is 0 Å². The third-order valence-corrected chi connectivity index (χ3v) is 3.92. The Hall–Kier alpha value is -2.15. The van der Waals surface area contributed by atoms with Gasteiger partial charge in [-0.1, -0.05) is 12.1 Å². The molecule has 0 saturated heterocycles. The molecule has 0 radical (unpaired) electrons. The lowest BCUT2D eigenvalue weighted by atomic mass is 10.1. The Morgan fingerprint density at radius 3 is 2.52 bits per heavy atom. The fourth-order valence-electron chi connectivity index (χ4n) is 1.92. The number of halogens is 1. The Morgan fingerprint density at radius 2 is 1.86 bits per heavy atom. The van der Waals surface area contributed by atoms with E-state index in [0.717, 1.165) is 14.8 Å². The first-order valence-corrected chi connectivity index (χ1v) is 7.37. The number of carbonyl (C=O) groups excluding carboxylic acids is 1. The monoisotopic (exact) mass is 390 g/mol. The summed E-state index contributed by atoms with van der Waals surface area (Å²) >= 11 is 2.15. The molecule has 21 heavy (non-hydrogen) atoms. The Labute approximate surface area is 135 Å². The van der Waals surface area contributed by atoms with Gasteiger partial charge < -0.3 is 9.73 Å². The highest BCUT2D eigenvalue weighted by molar-refractivity contribution is 14.1. The van der Waals surface area contributed by atoms with Crippen LogP contribution in [0.5, 0.6) is 0 Å². The number of hydrogen-bond donors (Lipinski definition) is 1. The average molecular weight is 390 g/mol. The predicted molar refractivity (Wildman–Crippen MR) is 89.1 cm³/mol. The molecule has 3 aromatic rings. The molecule has 104 valence electrons. The van der Waals surface area contributed by atoms with Crippen LogP contribution in [0.25, 0.3) is 11.3 Å². The number of nitrogens with zero attached hydrogens (tertiary/aromatic N) is 1. The molecule has 0 spiro atoms. The van der Waals surface area contributed by atoms with Crippen LogP contribution in [-0.2, 0) is 0 Å². The van der Waals surface area contributed by atoms with E-state index in [-0.39, 0.29) is 5.91 Å². The lowest BCUT2D eigenvalue weighted by Gasteiger charge is -2.07. The quantitative estimate of drug-likeness (QED) is 0.683. The summed E-state index contributed by atoms with van der Waals surface area (Å²) in [5.74, 6) is 0.581. The fraction of sp³-hybridized carbons (Fsp3) is 0. The molecule has 0 unspecified atom stereocenters. The number of amides is 1. The number of carbonyl (C=O) groups is 1. The molecular weight excluding hydrogens is 379 g/mol. The zero-order chi connectivity index (χ0) is 14.7. The smallest absolute Gasteiger partial charge is 0.256 e. The summed E-state index contributed by atoms with van der Waals surface area (Å²) in [6.45, 7) is 0. The van der Waals surface area contributed by atoms with E-state index in [1.54, 1.807) is 12.3 Å². The minimum atomic E-state index is -0.118. The second-order valence-corrected chi connectivity index (χ2v) is 5.54. The van der Waals surface area contributed by atoms with Crippen molar-refractivity contribution in [3.05, 3.63) is 70.3 Å². The molecule has 1 amide bonds. The molecule has 1 heterocycles. The molecular formula is C16H11IN2O2. The Balaban J connectivity index is 1.77. The van der Waals surface area contributed by atoms with Crippen molar-refractivity contribution in [2.24, 2.45) is 0 Å². The highest BCUT2D eigenvalue weighted by Crippen LogP contribution is 2.21. The van der Waals surface area contributed by atoms with Crippen molar-refractivity contribution in [3.63, 3.8) is 0 Å². The molecule has 0 aliphatic carbocycles. The second-order valence-electron chi connectivity index (χ2n) is 4.38. The van der Waals surface area contributed by atoms with Crippen molar-refractivity contribution < 1.29 is 9.21 Å². The number of oxazole rings is 1. The number of nitrogens with one attached hydrogen (secondary N) is 1. The zero-order valence-corrected chi connectivity index (χ0v) is 13.1. The van der Waals surface area contributed by atoms with Gasteiger partial charge in [-0.2, -0.15) is 0 Å². The van der Waals surface area contributed by atoms with Crippen LogP contribution in [0.2, 0.25) is 0 Å². The average Bonchev–Trinajstić information content (AvgIpc) is 3.02. The first-order valence-electron chi connectivity index (χ1n) is 6.29. The summed E-state index contributed by atoms with van der Waals surface area (Å²) in [4.78, 5) is 16.1.